The number of alkyl carbamates (subject to hydrolysis) is 1. The minimum absolute atomic E-state index is 0.152. The van der Waals surface area contributed by atoms with Crippen molar-refractivity contribution in [3.05, 3.63) is 22.0 Å². The van der Waals surface area contributed by atoms with Crippen molar-refractivity contribution in [1.29, 1.82) is 0 Å². The van der Waals surface area contributed by atoms with Crippen molar-refractivity contribution in [2.24, 2.45) is 7.05 Å². The van der Waals surface area contributed by atoms with Gasteiger partial charge in [-0.15, -0.1) is 0 Å². The summed E-state index contributed by atoms with van der Waals surface area (Å²) in [6.07, 6.45) is -0.0850. The standard InChI is InChI=1S/C15H25N5O5/c1-14(2,3)25-13(22)18-15(6-8-16-7-5-11(15)21)12-10(20(23)24)9-17-19(12)4/h9,11,16,21H,5-8H2,1-4H3,(H,18,22)/t11-,15-/m1/s1. The molecular weight excluding hydrogens is 330 g/mol. The molecule has 0 unspecified atom stereocenters. The smallest absolute Gasteiger partial charge is 0.408 e. The van der Waals surface area contributed by atoms with E-state index in [-0.39, 0.29) is 17.8 Å². The van der Waals surface area contributed by atoms with Crippen LogP contribution in [0.1, 0.15) is 39.3 Å². The summed E-state index contributed by atoms with van der Waals surface area (Å²) in [4.78, 5) is 23.3. The minimum Gasteiger partial charge on any atom is -0.444 e. The van der Waals surface area contributed by atoms with Gasteiger partial charge in [0.15, 0.2) is 0 Å². The molecule has 0 saturated carbocycles. The molecule has 1 saturated heterocycles. The van der Waals surface area contributed by atoms with Crippen LogP contribution in [0.15, 0.2) is 6.20 Å². The number of rotatable bonds is 3. The number of hydrogen-bond acceptors (Lipinski definition) is 7. The Morgan fingerprint density at radius 1 is 1.56 bits per heavy atom. The highest BCUT2D eigenvalue weighted by Crippen LogP contribution is 2.37. The van der Waals surface area contributed by atoms with E-state index in [4.69, 9.17) is 4.74 Å². The molecule has 1 aromatic rings. The maximum atomic E-state index is 12.4. The number of aryl methyl sites for hydroxylation is 1. The van der Waals surface area contributed by atoms with Crippen molar-refractivity contribution < 1.29 is 19.6 Å². The van der Waals surface area contributed by atoms with Crippen molar-refractivity contribution >= 4 is 11.8 Å². The number of nitro groups is 1. The summed E-state index contributed by atoms with van der Waals surface area (Å²) >= 11 is 0. The number of ether oxygens (including phenoxy) is 1. The molecule has 1 aliphatic rings. The highest BCUT2D eigenvalue weighted by Gasteiger charge is 2.49. The monoisotopic (exact) mass is 355 g/mol. The predicted molar refractivity (Wildman–Crippen MR) is 89.0 cm³/mol. The van der Waals surface area contributed by atoms with Gasteiger partial charge in [0, 0.05) is 7.05 Å². The largest absolute Gasteiger partial charge is 0.444 e. The van der Waals surface area contributed by atoms with E-state index in [0.29, 0.717) is 19.5 Å². The number of aliphatic hydroxyl groups is 1. The Kier molecular flexibility index (Phi) is 5.33. The van der Waals surface area contributed by atoms with Crippen molar-refractivity contribution in [3.63, 3.8) is 0 Å². The molecule has 2 rings (SSSR count). The van der Waals surface area contributed by atoms with Crippen molar-refractivity contribution in [2.75, 3.05) is 13.1 Å². The number of amides is 1. The Morgan fingerprint density at radius 2 is 2.24 bits per heavy atom. The van der Waals surface area contributed by atoms with Crippen LogP contribution in [-0.4, -0.2) is 50.7 Å². The SMILES string of the molecule is Cn1ncc([N+](=O)[O-])c1[C@@]1(NC(=O)OC(C)(C)C)CCNCC[C@H]1O. The second-order valence-corrected chi connectivity index (χ2v) is 7.16. The summed E-state index contributed by atoms with van der Waals surface area (Å²) in [7, 11) is 1.55. The van der Waals surface area contributed by atoms with Gasteiger partial charge in [0.25, 0.3) is 0 Å². The third-order valence-electron chi connectivity index (χ3n) is 4.12. The molecule has 1 fully saturated rings. The summed E-state index contributed by atoms with van der Waals surface area (Å²) in [5, 5.41) is 32.0. The van der Waals surface area contributed by atoms with E-state index < -0.39 is 28.3 Å². The van der Waals surface area contributed by atoms with Crippen LogP contribution >= 0.6 is 0 Å². The maximum Gasteiger partial charge on any atom is 0.408 e. The predicted octanol–water partition coefficient (Wildman–Crippen LogP) is 0.793. The van der Waals surface area contributed by atoms with E-state index in [0.717, 1.165) is 6.20 Å². The van der Waals surface area contributed by atoms with Gasteiger partial charge in [0.2, 0.25) is 0 Å². The molecule has 10 heteroatoms. The number of carbonyl (C=O) groups is 1. The van der Waals surface area contributed by atoms with Crippen LogP contribution in [0.25, 0.3) is 0 Å². The summed E-state index contributed by atoms with van der Waals surface area (Å²) in [6, 6.07) is 0. The second kappa shape index (κ2) is 6.96. The highest BCUT2D eigenvalue weighted by atomic mass is 16.6. The first kappa shape index (κ1) is 19.1. The lowest BCUT2D eigenvalue weighted by Crippen LogP contribution is -2.56. The molecule has 0 aromatic carbocycles. The molecule has 0 bridgehead atoms. The van der Waals surface area contributed by atoms with Crippen LogP contribution in [0.5, 0.6) is 0 Å². The lowest BCUT2D eigenvalue weighted by Gasteiger charge is -2.37. The van der Waals surface area contributed by atoms with E-state index >= 15 is 0 Å². The normalized spacial score (nSPS) is 24.4. The molecular formula is C15H25N5O5. The number of aromatic nitrogens is 2. The van der Waals surface area contributed by atoms with Gasteiger partial charge in [0.1, 0.15) is 23.0 Å². The van der Waals surface area contributed by atoms with Gasteiger partial charge >= 0.3 is 11.8 Å². The first-order valence-electron chi connectivity index (χ1n) is 8.13. The lowest BCUT2D eigenvalue weighted by molar-refractivity contribution is -0.386. The van der Waals surface area contributed by atoms with Gasteiger partial charge in [-0.3, -0.25) is 14.8 Å². The van der Waals surface area contributed by atoms with Crippen molar-refractivity contribution in [3.8, 4) is 0 Å². The van der Waals surface area contributed by atoms with E-state index in [1.807, 2.05) is 0 Å². The van der Waals surface area contributed by atoms with Crippen LogP contribution in [0.4, 0.5) is 10.5 Å². The summed E-state index contributed by atoms with van der Waals surface area (Å²) in [5.74, 6) is 0. The Bertz CT molecular complexity index is 653. The van der Waals surface area contributed by atoms with E-state index in [9.17, 15) is 20.0 Å². The molecule has 2 heterocycles. The van der Waals surface area contributed by atoms with Gasteiger partial charge in [0.05, 0.1) is 11.0 Å². The Balaban J connectivity index is 2.52. The fourth-order valence-electron chi connectivity index (χ4n) is 3.11. The maximum absolute atomic E-state index is 12.4. The van der Waals surface area contributed by atoms with E-state index in [1.165, 1.54) is 4.68 Å². The molecule has 0 radical (unpaired) electrons. The van der Waals surface area contributed by atoms with Gasteiger partial charge in [-0.05, 0) is 46.7 Å². The number of nitrogens with one attached hydrogen (secondary N) is 2. The Morgan fingerprint density at radius 3 is 2.84 bits per heavy atom. The van der Waals surface area contributed by atoms with Gasteiger partial charge < -0.3 is 20.5 Å². The third-order valence-corrected chi connectivity index (χ3v) is 4.12. The molecule has 1 aliphatic heterocycles. The zero-order valence-electron chi connectivity index (χ0n) is 14.9. The molecule has 2 atom stereocenters. The first-order chi connectivity index (χ1) is 11.6. The van der Waals surface area contributed by atoms with Crippen LogP contribution in [-0.2, 0) is 17.3 Å². The fraction of sp³-hybridized carbons (Fsp3) is 0.733. The van der Waals surface area contributed by atoms with Crippen molar-refractivity contribution in [1.82, 2.24) is 20.4 Å². The summed E-state index contributed by atoms with van der Waals surface area (Å²) < 4.78 is 6.64. The Hall–Kier alpha value is -2.20. The molecule has 25 heavy (non-hydrogen) atoms. The third kappa shape index (κ3) is 4.07. The number of hydrogen-bond donors (Lipinski definition) is 3. The van der Waals surface area contributed by atoms with Crippen molar-refractivity contribution in [2.45, 2.75) is 50.9 Å². The van der Waals surface area contributed by atoms with Gasteiger partial charge in [-0.25, -0.2) is 4.79 Å². The summed E-state index contributed by atoms with van der Waals surface area (Å²) in [6.45, 7) is 6.16. The number of nitrogens with zero attached hydrogens (tertiary/aromatic N) is 3. The summed E-state index contributed by atoms with van der Waals surface area (Å²) in [5.41, 5.74) is -2.21. The van der Waals surface area contributed by atoms with E-state index in [2.05, 4.69) is 15.7 Å². The zero-order chi connectivity index (χ0) is 18.8. The molecule has 0 aliphatic carbocycles. The van der Waals surface area contributed by atoms with Crippen LogP contribution in [0.3, 0.4) is 0 Å². The molecule has 0 spiro atoms. The van der Waals surface area contributed by atoms with Crippen LogP contribution < -0.4 is 10.6 Å². The van der Waals surface area contributed by atoms with Crippen LogP contribution in [0.2, 0.25) is 0 Å². The van der Waals surface area contributed by atoms with Gasteiger partial charge in [-0.1, -0.05) is 0 Å². The van der Waals surface area contributed by atoms with Crippen LogP contribution in [0, 0.1) is 10.1 Å². The minimum atomic E-state index is -1.38. The second-order valence-electron chi connectivity index (χ2n) is 7.16. The zero-order valence-corrected chi connectivity index (χ0v) is 14.9. The topological polar surface area (TPSA) is 132 Å². The Labute approximate surface area is 145 Å². The number of carbonyl (C=O) groups excluding carboxylic acids is 1. The van der Waals surface area contributed by atoms with Gasteiger partial charge in [-0.2, -0.15) is 5.10 Å². The molecule has 3 N–H and O–H groups in total. The average Bonchev–Trinajstić information content (AvgIpc) is 2.76. The molecule has 140 valence electrons. The molecule has 1 amide bonds. The number of aliphatic hydroxyl groups excluding tert-OH is 1. The highest BCUT2D eigenvalue weighted by molar-refractivity contribution is 5.70. The van der Waals surface area contributed by atoms with E-state index in [1.54, 1.807) is 27.8 Å². The fourth-order valence-corrected chi connectivity index (χ4v) is 3.11. The first-order valence-corrected chi connectivity index (χ1v) is 8.13. The molecule has 1 aromatic heterocycles. The average molecular weight is 355 g/mol. The molecule has 10 nitrogen and oxygen atoms in total. The lowest BCUT2D eigenvalue weighted by atomic mass is 9.83. The quantitative estimate of drug-likeness (QED) is 0.539.